The first-order valence-electron chi connectivity index (χ1n) is 18.0. The van der Waals surface area contributed by atoms with E-state index in [2.05, 4.69) is 49.1 Å². The molecule has 2 aliphatic heterocycles. The Balaban J connectivity index is 1.08. The summed E-state index contributed by atoms with van der Waals surface area (Å²) < 4.78 is 0. The molecule has 7 rings (SSSR count). The highest BCUT2D eigenvalue weighted by Gasteiger charge is 2.68. The molecule has 3 saturated carbocycles. The van der Waals surface area contributed by atoms with E-state index in [1.807, 2.05) is 5.57 Å². The average molecular weight is 560 g/mol. The molecule has 41 heavy (non-hydrogen) atoms. The summed E-state index contributed by atoms with van der Waals surface area (Å²) in [7, 11) is 0. The maximum Gasteiger partial charge on any atom is 0.137 e. The van der Waals surface area contributed by atoms with Crippen LogP contribution in [0.4, 0.5) is 0 Å². The van der Waals surface area contributed by atoms with Gasteiger partial charge in [-0.1, -0.05) is 29.4 Å². The smallest absolute Gasteiger partial charge is 0.137 e. The molecular formula is C38H59N2O+. The minimum atomic E-state index is -0.464. The van der Waals surface area contributed by atoms with Gasteiger partial charge < -0.3 is 15.7 Å². The van der Waals surface area contributed by atoms with Crippen LogP contribution in [-0.4, -0.2) is 36.9 Å². The number of nitrogens with one attached hydrogen (secondary N) is 2. The zero-order valence-electron chi connectivity index (χ0n) is 26.3. The summed E-state index contributed by atoms with van der Waals surface area (Å²) in [5, 5.41) is 18.0. The zero-order valence-corrected chi connectivity index (χ0v) is 26.3. The van der Waals surface area contributed by atoms with Crippen LogP contribution >= 0.6 is 0 Å². The molecule has 2 heterocycles. The summed E-state index contributed by atoms with van der Waals surface area (Å²) in [6.45, 7) is 9.20. The Kier molecular flexibility index (Phi) is 8.27. The Morgan fingerprint density at radius 1 is 0.756 bits per heavy atom. The van der Waals surface area contributed by atoms with Crippen LogP contribution in [0.3, 0.4) is 0 Å². The molecule has 0 aromatic rings. The summed E-state index contributed by atoms with van der Waals surface area (Å²) >= 11 is 0. The minimum Gasteiger partial charge on any atom is -0.385 e. The van der Waals surface area contributed by atoms with Gasteiger partial charge in [-0.15, -0.1) is 0 Å². The Bertz CT molecular complexity index is 1030. The van der Waals surface area contributed by atoms with Crippen LogP contribution in [0, 0.1) is 59.2 Å². The Morgan fingerprint density at radius 3 is 2.20 bits per heavy atom. The molecule has 3 heteroatoms. The minimum absolute atomic E-state index is 0.0559. The van der Waals surface area contributed by atoms with E-state index in [4.69, 9.17) is 0 Å². The molecule has 0 spiro atoms. The van der Waals surface area contributed by atoms with Crippen molar-refractivity contribution in [1.29, 1.82) is 0 Å². The van der Waals surface area contributed by atoms with Gasteiger partial charge in [-0.3, -0.25) is 0 Å². The number of hydrogen-bond donors (Lipinski definition) is 3. The monoisotopic (exact) mass is 559 g/mol. The molecule has 0 radical (unpaired) electrons. The lowest BCUT2D eigenvalue weighted by Gasteiger charge is -2.45. The van der Waals surface area contributed by atoms with Crippen molar-refractivity contribution in [3.8, 4) is 0 Å². The second kappa shape index (κ2) is 11.8. The Morgan fingerprint density at radius 2 is 1.49 bits per heavy atom. The average Bonchev–Trinajstić information content (AvgIpc) is 3.53. The fourth-order valence-corrected chi connectivity index (χ4v) is 10.7. The van der Waals surface area contributed by atoms with E-state index in [0.717, 1.165) is 47.8 Å². The number of hydrogen-bond acceptors (Lipinski definition) is 3. The van der Waals surface area contributed by atoms with Gasteiger partial charge in [0.2, 0.25) is 0 Å². The van der Waals surface area contributed by atoms with Gasteiger partial charge >= 0.3 is 0 Å². The maximum absolute atomic E-state index is 10.7. The van der Waals surface area contributed by atoms with E-state index in [1.165, 1.54) is 116 Å². The summed E-state index contributed by atoms with van der Waals surface area (Å²) in [6, 6.07) is 0. The van der Waals surface area contributed by atoms with E-state index >= 15 is 0 Å². The van der Waals surface area contributed by atoms with Gasteiger partial charge in [0.15, 0.2) is 0 Å². The summed E-state index contributed by atoms with van der Waals surface area (Å²) in [5.41, 5.74) is 4.91. The van der Waals surface area contributed by atoms with E-state index in [-0.39, 0.29) is 5.41 Å². The van der Waals surface area contributed by atoms with Crippen molar-refractivity contribution in [3.05, 3.63) is 41.4 Å². The molecule has 5 fully saturated rings. The van der Waals surface area contributed by atoms with Crippen LogP contribution in [0.5, 0.6) is 0 Å². The molecule has 7 aliphatic rings. The highest BCUT2D eigenvalue weighted by Crippen LogP contribution is 2.60. The largest absolute Gasteiger partial charge is 0.385 e. The van der Waals surface area contributed by atoms with Crippen LogP contribution in [0.15, 0.2) is 34.9 Å². The van der Waals surface area contributed by atoms with Crippen LogP contribution < -0.4 is 10.6 Å². The molecule has 10 unspecified atom stereocenters. The molecule has 2 saturated heterocycles. The normalized spacial score (nSPS) is 47.0. The summed E-state index contributed by atoms with van der Waals surface area (Å²) in [6.07, 6.45) is 30.9. The van der Waals surface area contributed by atoms with Crippen LogP contribution in [-0.2, 0) is 0 Å². The van der Waals surface area contributed by atoms with Crippen molar-refractivity contribution in [3.63, 3.8) is 0 Å². The quantitative estimate of drug-likeness (QED) is 0.220. The fraction of sp³-hybridized carbons (Fsp3) is 0.816. The molecule has 0 aromatic carbocycles. The molecular weight excluding hydrogens is 500 g/mol. The molecule has 3 nitrogen and oxygen atoms in total. The zero-order chi connectivity index (χ0) is 28.0. The molecule has 5 aliphatic carbocycles. The Labute approximate surface area is 251 Å². The lowest BCUT2D eigenvalue weighted by molar-refractivity contribution is 0.0819. The lowest BCUT2D eigenvalue weighted by atomic mass is 9.60. The van der Waals surface area contributed by atoms with Gasteiger partial charge in [0.05, 0.1) is 12.3 Å². The first-order chi connectivity index (χ1) is 19.9. The molecule has 0 aromatic heterocycles. The fourth-order valence-electron chi connectivity index (χ4n) is 10.7. The van der Waals surface area contributed by atoms with Gasteiger partial charge in [-0.2, -0.15) is 0 Å². The van der Waals surface area contributed by atoms with E-state index in [1.54, 1.807) is 11.1 Å². The third-order valence-corrected chi connectivity index (χ3v) is 13.5. The highest BCUT2D eigenvalue weighted by atomic mass is 16.3. The van der Waals surface area contributed by atoms with Crippen LogP contribution in [0.2, 0.25) is 0 Å². The summed E-state index contributed by atoms with van der Waals surface area (Å²) in [5.74, 6) is 6.66. The topological polar surface area (TPSA) is 44.3 Å². The van der Waals surface area contributed by atoms with Crippen molar-refractivity contribution >= 4 is 0 Å². The van der Waals surface area contributed by atoms with Crippen LogP contribution in [0.25, 0.3) is 0 Å². The van der Waals surface area contributed by atoms with Crippen molar-refractivity contribution in [2.45, 2.75) is 116 Å². The van der Waals surface area contributed by atoms with E-state index in [0.29, 0.717) is 5.92 Å². The second-order valence-electron chi connectivity index (χ2n) is 16.3. The van der Waals surface area contributed by atoms with Gasteiger partial charge in [0.1, 0.15) is 11.0 Å². The molecule has 3 N–H and O–H groups in total. The molecule has 0 amide bonds. The first kappa shape index (κ1) is 28.7. The van der Waals surface area contributed by atoms with Gasteiger partial charge in [-0.25, -0.2) is 0 Å². The third-order valence-electron chi connectivity index (χ3n) is 13.5. The highest BCUT2D eigenvalue weighted by molar-refractivity contribution is 5.32. The number of aliphatic hydroxyl groups is 1. The first-order valence-corrected chi connectivity index (χ1v) is 18.0. The van der Waals surface area contributed by atoms with Crippen molar-refractivity contribution < 1.29 is 5.11 Å². The standard InChI is InChI=1S/C38H59N2O/c1-37(25-38(37,2)41)22-26-6-3-7-27(16-26)34-19-35(30-10-4-8-28(17-30)32-12-14-39-23-32)21-36(20-34)31-11-5-9-29(18-31)33-13-15-40-24-33/h8,11,18,22,26-27,30,32-36,39-41H,3-7,9-10,12-17,19-21,23-25H2,1-2H3/q+1. The SMILES string of the molecule is CC1(O)CC1(C)[CH+]C1CCCC(C2CC(C3=CCCC(C4CCNC4)=C3)CC(C3CCC=C(C4CCNC4)C3)C2)C1. The number of rotatable bonds is 7. The third kappa shape index (κ3) is 6.16. The van der Waals surface area contributed by atoms with Gasteiger partial charge in [0.25, 0.3) is 0 Å². The Hall–Kier alpha value is -1.03. The van der Waals surface area contributed by atoms with Gasteiger partial charge in [-0.05, 0) is 164 Å². The van der Waals surface area contributed by atoms with Gasteiger partial charge in [0, 0.05) is 19.5 Å². The number of allylic oxidation sites excluding steroid dienone is 4. The second-order valence-corrected chi connectivity index (χ2v) is 16.3. The van der Waals surface area contributed by atoms with E-state index in [9.17, 15) is 5.11 Å². The summed E-state index contributed by atoms with van der Waals surface area (Å²) in [4.78, 5) is 0. The predicted molar refractivity (Wildman–Crippen MR) is 170 cm³/mol. The molecule has 0 bridgehead atoms. The van der Waals surface area contributed by atoms with Crippen molar-refractivity contribution in [2.24, 2.45) is 52.8 Å². The molecule has 10 atom stereocenters. The van der Waals surface area contributed by atoms with Crippen molar-refractivity contribution in [1.82, 2.24) is 10.6 Å². The van der Waals surface area contributed by atoms with Crippen LogP contribution in [0.1, 0.15) is 110 Å². The predicted octanol–water partition coefficient (Wildman–Crippen LogP) is 7.78. The molecule has 226 valence electrons. The lowest BCUT2D eigenvalue weighted by Crippen LogP contribution is -2.35. The van der Waals surface area contributed by atoms with E-state index < -0.39 is 5.60 Å². The maximum atomic E-state index is 10.7. The van der Waals surface area contributed by atoms with Crippen molar-refractivity contribution in [2.75, 3.05) is 26.2 Å².